The van der Waals surface area contributed by atoms with Gasteiger partial charge in [-0.15, -0.1) is 0 Å². The van der Waals surface area contributed by atoms with E-state index < -0.39 is 9.84 Å². The van der Waals surface area contributed by atoms with E-state index in [2.05, 4.69) is 75.4 Å². The van der Waals surface area contributed by atoms with Crippen LogP contribution in [0.15, 0.2) is 60.7 Å². The first kappa shape index (κ1) is 24.4. The minimum Gasteiger partial charge on any atom is -0.339 e. The summed E-state index contributed by atoms with van der Waals surface area (Å²) in [4.78, 5) is 22.0. The summed E-state index contributed by atoms with van der Waals surface area (Å²) in [5.74, 6) is 0.774. The van der Waals surface area contributed by atoms with E-state index in [-0.39, 0.29) is 23.7 Å². The molecule has 1 unspecified atom stereocenters. The molecule has 0 radical (unpaired) electrons. The number of amides is 1. The van der Waals surface area contributed by atoms with Gasteiger partial charge in [-0.25, -0.2) is 8.42 Å². The van der Waals surface area contributed by atoms with Crippen molar-refractivity contribution in [3.05, 3.63) is 71.8 Å². The molecule has 8 heteroatoms. The Bertz CT molecular complexity index is 1040. The topological polar surface area (TPSA) is 64.2 Å². The largest absolute Gasteiger partial charge is 0.339 e. The Morgan fingerprint density at radius 2 is 1.37 bits per heavy atom. The number of hydrogen-bond acceptors (Lipinski definition) is 6. The molecular formula is C27H36N4O3S. The van der Waals surface area contributed by atoms with Gasteiger partial charge in [0.25, 0.3) is 0 Å². The average molecular weight is 497 g/mol. The third-order valence-electron chi connectivity index (χ3n) is 7.75. The van der Waals surface area contributed by atoms with E-state index in [0.717, 1.165) is 45.7 Å². The average Bonchev–Trinajstić information content (AvgIpc) is 3.26. The molecule has 0 bridgehead atoms. The Labute approximate surface area is 209 Å². The Kier molecular flexibility index (Phi) is 7.53. The molecule has 1 atom stereocenters. The summed E-state index contributed by atoms with van der Waals surface area (Å²) in [5, 5.41) is 0. The molecule has 188 valence electrons. The van der Waals surface area contributed by atoms with Crippen molar-refractivity contribution in [2.24, 2.45) is 0 Å². The maximum Gasteiger partial charge on any atom is 0.236 e. The standard InChI is InChI=1S/C27H36N4O3S/c32-26(30-18-16-29(17-19-30)25-11-20-35(33,34)22-25)21-28-12-14-31(15-13-28)27(23-7-3-1-4-8-23)24-9-5-2-6-10-24/h1-10,25,27H,11-22H2. The van der Waals surface area contributed by atoms with Crippen molar-refractivity contribution < 1.29 is 13.2 Å². The zero-order valence-corrected chi connectivity index (χ0v) is 21.2. The Balaban J connectivity index is 1.13. The molecule has 7 nitrogen and oxygen atoms in total. The smallest absolute Gasteiger partial charge is 0.236 e. The van der Waals surface area contributed by atoms with E-state index >= 15 is 0 Å². The quantitative estimate of drug-likeness (QED) is 0.607. The lowest BCUT2D eigenvalue weighted by atomic mass is 9.96. The molecule has 0 spiro atoms. The normalized spacial score (nSPS) is 24.1. The van der Waals surface area contributed by atoms with E-state index in [1.54, 1.807) is 0 Å². The molecule has 35 heavy (non-hydrogen) atoms. The third-order valence-corrected chi connectivity index (χ3v) is 9.50. The Morgan fingerprint density at radius 3 is 1.89 bits per heavy atom. The van der Waals surface area contributed by atoms with Crippen LogP contribution in [0.4, 0.5) is 0 Å². The van der Waals surface area contributed by atoms with E-state index in [1.165, 1.54) is 11.1 Å². The van der Waals surface area contributed by atoms with E-state index in [0.29, 0.717) is 25.4 Å². The number of sulfone groups is 1. The monoisotopic (exact) mass is 496 g/mol. The molecule has 2 aromatic carbocycles. The SMILES string of the molecule is O=C(CN1CCN(C(c2ccccc2)c2ccccc2)CC1)N1CCN(C2CCS(=O)(=O)C2)CC1. The van der Waals surface area contributed by atoms with Crippen LogP contribution in [0.3, 0.4) is 0 Å². The minimum absolute atomic E-state index is 0.132. The predicted molar refractivity (Wildman–Crippen MR) is 138 cm³/mol. The zero-order valence-electron chi connectivity index (χ0n) is 20.3. The number of hydrogen-bond donors (Lipinski definition) is 0. The van der Waals surface area contributed by atoms with Gasteiger partial charge in [-0.1, -0.05) is 60.7 Å². The van der Waals surface area contributed by atoms with Crippen LogP contribution >= 0.6 is 0 Å². The zero-order chi connectivity index (χ0) is 24.3. The van der Waals surface area contributed by atoms with Crippen LogP contribution in [0.25, 0.3) is 0 Å². The lowest BCUT2D eigenvalue weighted by molar-refractivity contribution is -0.135. The summed E-state index contributed by atoms with van der Waals surface area (Å²) in [6, 6.07) is 21.7. The lowest BCUT2D eigenvalue weighted by Crippen LogP contribution is -2.55. The molecule has 1 amide bonds. The fraction of sp³-hybridized carbons (Fsp3) is 0.519. The molecule has 3 saturated heterocycles. The first-order chi connectivity index (χ1) is 17.0. The van der Waals surface area contributed by atoms with Crippen LogP contribution in [0.1, 0.15) is 23.6 Å². The second-order valence-electron chi connectivity index (χ2n) is 10.0. The van der Waals surface area contributed by atoms with Crippen LogP contribution in [0.2, 0.25) is 0 Å². The fourth-order valence-corrected chi connectivity index (χ4v) is 7.52. The second kappa shape index (κ2) is 10.8. The summed E-state index contributed by atoms with van der Waals surface area (Å²) in [6.45, 7) is 7.00. The van der Waals surface area contributed by atoms with Gasteiger partial charge in [0, 0.05) is 58.4 Å². The second-order valence-corrected chi connectivity index (χ2v) is 12.2. The van der Waals surface area contributed by atoms with E-state index in [9.17, 15) is 13.2 Å². The minimum atomic E-state index is -2.87. The molecule has 3 fully saturated rings. The highest BCUT2D eigenvalue weighted by molar-refractivity contribution is 7.91. The molecule has 0 saturated carbocycles. The van der Waals surface area contributed by atoms with Gasteiger partial charge < -0.3 is 4.90 Å². The molecular weight excluding hydrogens is 460 g/mol. The van der Waals surface area contributed by atoms with Crippen molar-refractivity contribution >= 4 is 15.7 Å². The van der Waals surface area contributed by atoms with Crippen molar-refractivity contribution in [1.82, 2.24) is 19.6 Å². The lowest BCUT2D eigenvalue weighted by Gasteiger charge is -2.41. The van der Waals surface area contributed by atoms with Crippen molar-refractivity contribution in [3.8, 4) is 0 Å². The maximum atomic E-state index is 13.0. The number of carbonyl (C=O) groups excluding carboxylic acids is 1. The van der Waals surface area contributed by atoms with Crippen LogP contribution < -0.4 is 0 Å². The van der Waals surface area contributed by atoms with Gasteiger partial charge >= 0.3 is 0 Å². The van der Waals surface area contributed by atoms with Gasteiger partial charge in [-0.2, -0.15) is 0 Å². The number of piperazine rings is 2. The number of carbonyl (C=O) groups is 1. The molecule has 3 heterocycles. The molecule has 5 rings (SSSR count). The number of nitrogens with zero attached hydrogens (tertiary/aromatic N) is 4. The summed E-state index contributed by atoms with van der Waals surface area (Å²) < 4.78 is 23.6. The van der Waals surface area contributed by atoms with Crippen LogP contribution in [0, 0.1) is 0 Å². The first-order valence-corrected chi connectivity index (χ1v) is 14.6. The van der Waals surface area contributed by atoms with Gasteiger partial charge in [0.2, 0.25) is 5.91 Å². The summed E-state index contributed by atoms with van der Waals surface area (Å²) >= 11 is 0. The molecule has 0 aliphatic carbocycles. The van der Waals surface area contributed by atoms with Crippen molar-refractivity contribution in [2.75, 3.05) is 70.4 Å². The van der Waals surface area contributed by atoms with E-state index in [4.69, 9.17) is 0 Å². The molecule has 3 aliphatic heterocycles. The summed E-state index contributed by atoms with van der Waals surface area (Å²) in [5.41, 5.74) is 2.60. The third kappa shape index (κ3) is 5.94. The predicted octanol–water partition coefficient (Wildman–Crippen LogP) is 1.72. The highest BCUT2D eigenvalue weighted by Crippen LogP contribution is 2.29. The fourth-order valence-electron chi connectivity index (χ4n) is 5.76. The Morgan fingerprint density at radius 1 is 0.800 bits per heavy atom. The Hall–Kier alpha value is -2.26. The summed E-state index contributed by atoms with van der Waals surface area (Å²) in [6.07, 6.45) is 0.730. The first-order valence-electron chi connectivity index (χ1n) is 12.8. The number of benzene rings is 2. The van der Waals surface area contributed by atoms with Crippen molar-refractivity contribution in [1.29, 1.82) is 0 Å². The van der Waals surface area contributed by atoms with Crippen molar-refractivity contribution in [2.45, 2.75) is 18.5 Å². The highest BCUT2D eigenvalue weighted by atomic mass is 32.2. The highest BCUT2D eigenvalue weighted by Gasteiger charge is 2.35. The molecule has 0 N–H and O–H groups in total. The van der Waals surface area contributed by atoms with Crippen molar-refractivity contribution in [3.63, 3.8) is 0 Å². The summed E-state index contributed by atoms with van der Waals surface area (Å²) in [7, 11) is -2.87. The van der Waals surface area contributed by atoms with Gasteiger partial charge in [0.05, 0.1) is 24.1 Å². The molecule has 2 aromatic rings. The van der Waals surface area contributed by atoms with Crippen LogP contribution in [-0.4, -0.2) is 110 Å². The van der Waals surface area contributed by atoms with Crippen LogP contribution in [-0.2, 0) is 14.6 Å². The van der Waals surface area contributed by atoms with Gasteiger partial charge in [0.1, 0.15) is 0 Å². The maximum absolute atomic E-state index is 13.0. The van der Waals surface area contributed by atoms with Crippen LogP contribution in [0.5, 0.6) is 0 Å². The molecule has 3 aliphatic rings. The molecule has 0 aromatic heterocycles. The number of rotatable bonds is 6. The van der Waals surface area contributed by atoms with Gasteiger partial charge in [-0.05, 0) is 17.5 Å². The van der Waals surface area contributed by atoms with E-state index in [1.807, 2.05) is 4.90 Å². The van der Waals surface area contributed by atoms with Gasteiger partial charge in [-0.3, -0.25) is 19.5 Å². The van der Waals surface area contributed by atoms with Gasteiger partial charge in [0.15, 0.2) is 9.84 Å².